The Morgan fingerprint density at radius 3 is 2.24 bits per heavy atom. The summed E-state index contributed by atoms with van der Waals surface area (Å²) in [6, 6.07) is -3.79. The van der Waals surface area contributed by atoms with E-state index < -0.39 is 59.0 Å². The monoisotopic (exact) mass is 679 g/mol. The van der Waals surface area contributed by atoms with Crippen molar-refractivity contribution in [2.24, 2.45) is 29.1 Å². The normalized spacial score (nSPS) is 25.8. The van der Waals surface area contributed by atoms with Crippen LogP contribution in [0.1, 0.15) is 109 Å². The summed E-state index contributed by atoms with van der Waals surface area (Å²) in [6.45, 7) is 9.54. The molecule has 268 valence electrons. The zero-order valence-corrected chi connectivity index (χ0v) is 29.5. The maximum absolute atomic E-state index is 14.7. The molecule has 1 aliphatic heterocycles. The number of amides is 5. The standard InChI is InChI=1S/C36H53N7O6/c1-6-21-12-13-23-19-43(28(26(21)23)33(47)39-20(2)29(44)34(48)40-24-14-15-24)35(49)30(36(3,4)5)42-32(46)27(22-10-8-7-9-11-22)41-31(45)25-18-37-16-17-38-25/h16-18,20-24,26-28,30H,6-15,19H2,1-5H3,(H,39,47)(H,40,48)(H,41,45)(H,42,46)/t20-,21?,23-,26-,27-,28-,30+/m0/s1. The first-order chi connectivity index (χ1) is 23.3. The summed E-state index contributed by atoms with van der Waals surface area (Å²) in [5, 5.41) is 11.4. The van der Waals surface area contributed by atoms with Crippen LogP contribution in [-0.2, 0) is 24.0 Å². The zero-order valence-electron chi connectivity index (χ0n) is 29.5. The van der Waals surface area contributed by atoms with E-state index in [0.717, 1.165) is 64.2 Å². The van der Waals surface area contributed by atoms with Gasteiger partial charge >= 0.3 is 0 Å². The minimum atomic E-state index is -1.06. The summed E-state index contributed by atoms with van der Waals surface area (Å²) in [5.74, 6) is -3.13. The number of nitrogens with zero attached hydrogens (tertiary/aromatic N) is 3. The van der Waals surface area contributed by atoms with Gasteiger partial charge < -0.3 is 26.2 Å². The third-order valence-electron chi connectivity index (χ3n) is 11.0. The Morgan fingerprint density at radius 1 is 0.918 bits per heavy atom. The molecule has 7 atom stereocenters. The lowest BCUT2D eigenvalue weighted by molar-refractivity contribution is -0.146. The molecule has 4 N–H and O–H groups in total. The quantitative estimate of drug-likeness (QED) is 0.243. The highest BCUT2D eigenvalue weighted by Gasteiger charge is 2.55. The first kappa shape index (κ1) is 36.4. The van der Waals surface area contributed by atoms with Crippen LogP contribution in [-0.4, -0.2) is 86.9 Å². The van der Waals surface area contributed by atoms with Gasteiger partial charge in [-0.2, -0.15) is 0 Å². The number of carbonyl (C=O) groups excluding carboxylic acids is 6. The molecule has 1 unspecified atom stereocenters. The topological polar surface area (TPSA) is 180 Å². The van der Waals surface area contributed by atoms with Gasteiger partial charge in [-0.25, -0.2) is 4.98 Å². The van der Waals surface area contributed by atoms with Gasteiger partial charge in [0.15, 0.2) is 0 Å². The van der Waals surface area contributed by atoms with Gasteiger partial charge in [-0.1, -0.05) is 53.4 Å². The Morgan fingerprint density at radius 2 is 1.63 bits per heavy atom. The summed E-state index contributed by atoms with van der Waals surface area (Å²) in [7, 11) is 0. The number of carbonyl (C=O) groups is 6. The summed E-state index contributed by atoms with van der Waals surface area (Å²) >= 11 is 0. The molecule has 13 heteroatoms. The third-order valence-corrected chi connectivity index (χ3v) is 11.0. The van der Waals surface area contributed by atoms with Crippen LogP contribution in [0.3, 0.4) is 0 Å². The van der Waals surface area contributed by atoms with Gasteiger partial charge in [0.05, 0.1) is 12.2 Å². The fourth-order valence-electron chi connectivity index (χ4n) is 8.11. The number of likely N-dealkylation sites (tertiary alicyclic amines) is 1. The Hall–Kier alpha value is -3.90. The van der Waals surface area contributed by atoms with Crippen molar-refractivity contribution in [1.82, 2.24) is 36.1 Å². The molecule has 4 aliphatic rings. The van der Waals surface area contributed by atoms with Crippen molar-refractivity contribution in [2.75, 3.05) is 6.54 Å². The Balaban J connectivity index is 1.37. The molecule has 49 heavy (non-hydrogen) atoms. The van der Waals surface area contributed by atoms with Crippen molar-refractivity contribution in [1.29, 1.82) is 0 Å². The van der Waals surface area contributed by atoms with Gasteiger partial charge in [-0.05, 0) is 74.5 Å². The number of hydrogen-bond donors (Lipinski definition) is 4. The van der Waals surface area contributed by atoms with E-state index in [-0.39, 0.29) is 41.3 Å². The zero-order chi connectivity index (χ0) is 35.5. The third kappa shape index (κ3) is 8.46. The van der Waals surface area contributed by atoms with Gasteiger partial charge in [0.1, 0.15) is 23.8 Å². The number of rotatable bonds is 12. The van der Waals surface area contributed by atoms with Gasteiger partial charge in [-0.3, -0.25) is 33.8 Å². The molecule has 0 bridgehead atoms. The van der Waals surface area contributed by atoms with Crippen LogP contribution in [0.25, 0.3) is 0 Å². The fourth-order valence-corrected chi connectivity index (χ4v) is 8.11. The second-order valence-corrected chi connectivity index (χ2v) is 15.6. The predicted octanol–water partition coefficient (Wildman–Crippen LogP) is 2.30. The predicted molar refractivity (Wildman–Crippen MR) is 181 cm³/mol. The minimum absolute atomic E-state index is 0.00874. The van der Waals surface area contributed by atoms with Crippen LogP contribution in [0.15, 0.2) is 18.6 Å². The largest absolute Gasteiger partial charge is 0.347 e. The number of ketones is 1. The lowest BCUT2D eigenvalue weighted by atomic mass is 9.81. The Kier molecular flexibility index (Phi) is 11.4. The molecular formula is C36H53N7O6. The van der Waals surface area contributed by atoms with E-state index in [2.05, 4.69) is 38.2 Å². The molecule has 3 aliphatic carbocycles. The summed E-state index contributed by atoms with van der Waals surface area (Å²) in [5.41, 5.74) is -0.647. The highest BCUT2D eigenvalue weighted by molar-refractivity contribution is 6.38. The lowest BCUT2D eigenvalue weighted by Gasteiger charge is -2.38. The first-order valence-corrected chi connectivity index (χ1v) is 18.1. The minimum Gasteiger partial charge on any atom is -0.347 e. The van der Waals surface area contributed by atoms with E-state index in [9.17, 15) is 28.8 Å². The van der Waals surface area contributed by atoms with Crippen LogP contribution in [0, 0.1) is 29.1 Å². The smallest absolute Gasteiger partial charge is 0.289 e. The molecule has 13 nitrogen and oxygen atoms in total. The number of Topliss-reactive ketones (excluding diaryl/α,β-unsaturated/α-hetero) is 1. The molecule has 4 fully saturated rings. The molecule has 0 aromatic carbocycles. The average molecular weight is 680 g/mol. The van der Waals surface area contributed by atoms with E-state index in [1.165, 1.54) is 25.5 Å². The van der Waals surface area contributed by atoms with Crippen molar-refractivity contribution < 1.29 is 28.8 Å². The second-order valence-electron chi connectivity index (χ2n) is 15.6. The van der Waals surface area contributed by atoms with Crippen LogP contribution in [0.2, 0.25) is 0 Å². The molecule has 1 saturated heterocycles. The molecular weight excluding hydrogens is 626 g/mol. The van der Waals surface area contributed by atoms with Crippen LogP contribution in [0.4, 0.5) is 0 Å². The highest BCUT2D eigenvalue weighted by atomic mass is 16.2. The van der Waals surface area contributed by atoms with E-state index in [4.69, 9.17) is 0 Å². The number of hydrogen-bond acceptors (Lipinski definition) is 8. The Bertz CT molecular complexity index is 1400. The molecule has 1 aromatic rings. The lowest BCUT2D eigenvalue weighted by Crippen LogP contribution is -2.62. The maximum atomic E-state index is 14.7. The number of nitrogens with one attached hydrogen (secondary N) is 4. The van der Waals surface area contributed by atoms with Crippen LogP contribution < -0.4 is 21.3 Å². The molecule has 2 heterocycles. The fraction of sp³-hybridized carbons (Fsp3) is 0.722. The summed E-state index contributed by atoms with van der Waals surface area (Å²) < 4.78 is 0. The van der Waals surface area contributed by atoms with E-state index in [0.29, 0.717) is 6.54 Å². The van der Waals surface area contributed by atoms with Crippen LogP contribution in [0.5, 0.6) is 0 Å². The Labute approximate surface area is 288 Å². The van der Waals surface area contributed by atoms with E-state index >= 15 is 0 Å². The van der Waals surface area contributed by atoms with Crippen molar-refractivity contribution in [2.45, 2.75) is 129 Å². The molecule has 1 aromatic heterocycles. The van der Waals surface area contributed by atoms with Gasteiger partial charge in [0.25, 0.3) is 11.8 Å². The molecule has 3 saturated carbocycles. The van der Waals surface area contributed by atoms with Gasteiger partial charge in [0, 0.05) is 25.0 Å². The van der Waals surface area contributed by atoms with Gasteiger partial charge in [-0.15, -0.1) is 0 Å². The van der Waals surface area contributed by atoms with Crippen molar-refractivity contribution in [3.63, 3.8) is 0 Å². The number of fused-ring (bicyclic) bond motifs is 1. The van der Waals surface area contributed by atoms with Gasteiger partial charge in [0.2, 0.25) is 23.5 Å². The van der Waals surface area contributed by atoms with Crippen LogP contribution >= 0.6 is 0 Å². The van der Waals surface area contributed by atoms with Crippen molar-refractivity contribution in [3.05, 3.63) is 24.3 Å². The van der Waals surface area contributed by atoms with E-state index in [1.807, 2.05) is 20.8 Å². The summed E-state index contributed by atoms with van der Waals surface area (Å²) in [6.07, 6.45) is 13.0. The molecule has 0 radical (unpaired) electrons. The molecule has 5 amide bonds. The highest BCUT2D eigenvalue weighted by Crippen LogP contribution is 2.48. The van der Waals surface area contributed by atoms with Crippen molar-refractivity contribution in [3.8, 4) is 0 Å². The van der Waals surface area contributed by atoms with Crippen molar-refractivity contribution >= 4 is 35.3 Å². The van der Waals surface area contributed by atoms with E-state index in [1.54, 1.807) is 4.90 Å². The average Bonchev–Trinajstić information content (AvgIpc) is 3.68. The summed E-state index contributed by atoms with van der Waals surface area (Å²) in [4.78, 5) is 91.1. The molecule has 5 rings (SSSR count). The molecule has 0 spiro atoms. The second kappa shape index (κ2) is 15.3. The SMILES string of the molecule is CCC1CC[C@H]2CN(C(=O)[C@@H](NC(=O)[C@@H](NC(=O)c3cnccn3)C3CCCCC3)C(C)(C)C)[C@H](C(=O)N[C@@H](C)C(=O)C(=O)NC3CC3)[C@@H]12. The number of aromatic nitrogens is 2. The first-order valence-electron chi connectivity index (χ1n) is 18.1. The maximum Gasteiger partial charge on any atom is 0.289 e.